The maximum absolute atomic E-state index is 12.5. The molecule has 1 atom stereocenters. The first-order valence-corrected chi connectivity index (χ1v) is 11.4. The lowest BCUT2D eigenvalue weighted by Gasteiger charge is -2.13. The lowest BCUT2D eigenvalue weighted by atomic mass is 10.1. The first-order chi connectivity index (χ1) is 15.4. The summed E-state index contributed by atoms with van der Waals surface area (Å²) in [5, 5.41) is 15.4. The number of rotatable bonds is 16. The molecular weight excluding hydrogens is 406 g/mol. The molecule has 0 bridgehead atoms. The number of unbranched alkanes of at least 4 members (excludes halogenated alkanes) is 3. The van der Waals surface area contributed by atoms with Crippen LogP contribution in [0.3, 0.4) is 0 Å². The highest BCUT2D eigenvalue weighted by Gasteiger charge is 2.16. The number of allylic oxidation sites excluding steroid dienone is 5. The lowest BCUT2D eigenvalue weighted by Crippen LogP contribution is -2.37. The first kappa shape index (κ1) is 27.1. The number of carboxylic acid groups (broad SMARTS) is 1. The minimum atomic E-state index is -0.903. The predicted molar refractivity (Wildman–Crippen MR) is 128 cm³/mol. The molecule has 0 aromatic carbocycles. The molecular formula is C25H37N3O4. The third-order valence-corrected chi connectivity index (χ3v) is 4.89. The fourth-order valence-corrected chi connectivity index (χ4v) is 3.09. The van der Waals surface area contributed by atoms with Gasteiger partial charge in [0.15, 0.2) is 0 Å². The summed E-state index contributed by atoms with van der Waals surface area (Å²) in [7, 11) is 0. The Morgan fingerprint density at radius 2 is 1.91 bits per heavy atom. The first-order valence-electron chi connectivity index (χ1n) is 11.4. The van der Waals surface area contributed by atoms with Gasteiger partial charge in [-0.3, -0.25) is 14.4 Å². The number of nitrogens with one attached hydrogen (secondary N) is 2. The van der Waals surface area contributed by atoms with Crippen molar-refractivity contribution in [2.45, 2.75) is 64.3 Å². The van der Waals surface area contributed by atoms with Crippen molar-refractivity contribution >= 4 is 17.8 Å². The van der Waals surface area contributed by atoms with E-state index in [2.05, 4.69) is 10.6 Å². The molecule has 7 nitrogen and oxygen atoms in total. The van der Waals surface area contributed by atoms with Crippen LogP contribution in [-0.2, 0) is 14.4 Å². The molecule has 0 saturated heterocycles. The van der Waals surface area contributed by atoms with E-state index in [9.17, 15) is 19.5 Å². The molecule has 0 heterocycles. The van der Waals surface area contributed by atoms with Crippen molar-refractivity contribution < 1.29 is 19.5 Å². The van der Waals surface area contributed by atoms with Crippen molar-refractivity contribution in [3.63, 3.8) is 0 Å². The highest BCUT2D eigenvalue weighted by atomic mass is 16.4. The minimum absolute atomic E-state index is 0.147. The normalized spacial score (nSPS) is 14.8. The average molecular weight is 444 g/mol. The van der Waals surface area contributed by atoms with Gasteiger partial charge < -0.3 is 21.5 Å². The number of carbonyl (C=O) groups excluding carboxylic acids is 2. The standard InChI is InChI=1S/C25H37N3O4/c1-2-3-4-5-8-15-22(25(31)32)28-19-20-13-10-11-14-21(18-20)24(30)27-17-12-7-6-9-16-23(26)29/h3-5,8,11,13-14,18,22,28H,2,6-7,9-10,12,15-17,19H2,1H3,(H2,26,29)(H,27,30)(H,31,32)/b4-3-,8-5-/t22-/m0/s1. The number of hydrogen-bond donors (Lipinski definition) is 4. The van der Waals surface area contributed by atoms with Gasteiger partial charge in [0.2, 0.25) is 5.91 Å². The molecule has 176 valence electrons. The SMILES string of the molecule is CC/C=C\C=C/C[C@H](NCC1=CCC=CC(C(=O)NCCCCCCC(N)=O)=C1)C(=O)O. The topological polar surface area (TPSA) is 122 Å². The lowest BCUT2D eigenvalue weighted by molar-refractivity contribution is -0.139. The number of amides is 2. The largest absolute Gasteiger partial charge is 0.480 e. The van der Waals surface area contributed by atoms with Crippen molar-refractivity contribution in [3.05, 3.63) is 59.8 Å². The second-order valence-electron chi connectivity index (χ2n) is 7.68. The van der Waals surface area contributed by atoms with Crippen LogP contribution in [0.2, 0.25) is 0 Å². The van der Waals surface area contributed by atoms with Crippen LogP contribution in [0.5, 0.6) is 0 Å². The Morgan fingerprint density at radius 3 is 2.62 bits per heavy atom. The average Bonchev–Trinajstić information content (AvgIpc) is 3.00. The molecule has 0 unspecified atom stereocenters. The van der Waals surface area contributed by atoms with E-state index in [1.807, 2.05) is 43.4 Å². The third kappa shape index (κ3) is 12.7. The molecule has 0 spiro atoms. The van der Waals surface area contributed by atoms with Crippen molar-refractivity contribution in [1.82, 2.24) is 10.6 Å². The Balaban J connectivity index is 2.49. The highest BCUT2D eigenvalue weighted by Crippen LogP contribution is 2.12. The molecule has 0 radical (unpaired) electrons. The maximum atomic E-state index is 12.5. The van der Waals surface area contributed by atoms with E-state index in [1.165, 1.54) is 0 Å². The second kappa shape index (κ2) is 16.7. The van der Waals surface area contributed by atoms with Crippen LogP contribution in [0.15, 0.2) is 59.8 Å². The van der Waals surface area contributed by atoms with Gasteiger partial charge in [-0.1, -0.05) is 62.3 Å². The van der Waals surface area contributed by atoms with E-state index in [0.29, 0.717) is 37.9 Å². The monoisotopic (exact) mass is 443 g/mol. The molecule has 1 rings (SSSR count). The van der Waals surface area contributed by atoms with E-state index >= 15 is 0 Å². The van der Waals surface area contributed by atoms with E-state index in [0.717, 1.165) is 37.7 Å². The molecule has 1 aliphatic carbocycles. The van der Waals surface area contributed by atoms with Gasteiger partial charge in [0.05, 0.1) is 0 Å². The number of aliphatic carboxylic acids is 1. The number of carbonyl (C=O) groups is 3. The Bertz CT molecular complexity index is 763. The minimum Gasteiger partial charge on any atom is -0.480 e. The summed E-state index contributed by atoms with van der Waals surface area (Å²) in [5.41, 5.74) is 6.56. The van der Waals surface area contributed by atoms with Crippen LogP contribution in [0, 0.1) is 0 Å². The Labute approximate surface area is 191 Å². The molecule has 2 amide bonds. The third-order valence-electron chi connectivity index (χ3n) is 4.89. The summed E-state index contributed by atoms with van der Waals surface area (Å²) in [6, 6.07) is -0.696. The summed E-state index contributed by atoms with van der Waals surface area (Å²) in [6.07, 6.45) is 21.0. The van der Waals surface area contributed by atoms with E-state index in [4.69, 9.17) is 5.73 Å². The Morgan fingerprint density at radius 1 is 1.16 bits per heavy atom. The number of carboxylic acids is 1. The van der Waals surface area contributed by atoms with Gasteiger partial charge in [-0.05, 0) is 43.8 Å². The fraction of sp³-hybridized carbons (Fsp3) is 0.480. The summed E-state index contributed by atoms with van der Waals surface area (Å²) in [4.78, 5) is 34.7. The van der Waals surface area contributed by atoms with Crippen LogP contribution in [0.1, 0.15) is 58.3 Å². The summed E-state index contributed by atoms with van der Waals surface area (Å²) >= 11 is 0. The molecule has 0 aliphatic heterocycles. The number of nitrogens with two attached hydrogens (primary N) is 1. The maximum Gasteiger partial charge on any atom is 0.321 e. The van der Waals surface area contributed by atoms with Crippen LogP contribution in [0.25, 0.3) is 0 Å². The highest BCUT2D eigenvalue weighted by molar-refractivity contribution is 5.96. The molecule has 0 aromatic rings. The summed E-state index contributed by atoms with van der Waals surface area (Å²) < 4.78 is 0. The summed E-state index contributed by atoms with van der Waals surface area (Å²) in [5.74, 6) is -1.33. The predicted octanol–water partition coefficient (Wildman–Crippen LogP) is 3.31. The van der Waals surface area contributed by atoms with Gasteiger partial charge >= 0.3 is 5.97 Å². The van der Waals surface area contributed by atoms with Crippen molar-refractivity contribution in [1.29, 1.82) is 0 Å². The Kier molecular flexibility index (Phi) is 14.2. The number of hydrogen-bond acceptors (Lipinski definition) is 4. The van der Waals surface area contributed by atoms with Gasteiger partial charge in [-0.2, -0.15) is 0 Å². The van der Waals surface area contributed by atoms with Gasteiger partial charge in [0, 0.05) is 25.1 Å². The zero-order valence-electron chi connectivity index (χ0n) is 19.0. The quantitative estimate of drug-likeness (QED) is 0.215. The zero-order valence-corrected chi connectivity index (χ0v) is 19.0. The van der Waals surface area contributed by atoms with Crippen LogP contribution < -0.4 is 16.4 Å². The van der Waals surface area contributed by atoms with Crippen molar-refractivity contribution in [2.75, 3.05) is 13.1 Å². The van der Waals surface area contributed by atoms with Gasteiger partial charge in [0.25, 0.3) is 5.91 Å². The molecule has 0 aromatic heterocycles. The van der Waals surface area contributed by atoms with Gasteiger partial charge in [-0.25, -0.2) is 0 Å². The Hall–Kier alpha value is -2.93. The van der Waals surface area contributed by atoms with E-state index in [1.54, 1.807) is 12.2 Å². The van der Waals surface area contributed by atoms with E-state index < -0.39 is 12.0 Å². The molecule has 32 heavy (non-hydrogen) atoms. The zero-order chi connectivity index (χ0) is 23.6. The van der Waals surface area contributed by atoms with Gasteiger partial charge in [0.1, 0.15) is 6.04 Å². The molecule has 0 saturated carbocycles. The van der Waals surface area contributed by atoms with Crippen LogP contribution in [0.4, 0.5) is 0 Å². The molecule has 1 aliphatic rings. The smallest absolute Gasteiger partial charge is 0.321 e. The second-order valence-corrected chi connectivity index (χ2v) is 7.68. The van der Waals surface area contributed by atoms with Crippen molar-refractivity contribution in [2.24, 2.45) is 5.73 Å². The molecule has 0 fully saturated rings. The van der Waals surface area contributed by atoms with Gasteiger partial charge in [-0.15, -0.1) is 0 Å². The number of primary amides is 1. The van der Waals surface area contributed by atoms with E-state index in [-0.39, 0.29) is 11.8 Å². The molecule has 7 heteroatoms. The van der Waals surface area contributed by atoms with Crippen LogP contribution >= 0.6 is 0 Å². The molecule has 5 N–H and O–H groups in total. The van der Waals surface area contributed by atoms with Crippen LogP contribution in [-0.4, -0.2) is 42.0 Å². The fourth-order valence-electron chi connectivity index (χ4n) is 3.09. The van der Waals surface area contributed by atoms with Crippen molar-refractivity contribution in [3.8, 4) is 0 Å². The summed E-state index contributed by atoms with van der Waals surface area (Å²) in [6.45, 7) is 2.98.